The predicted octanol–water partition coefficient (Wildman–Crippen LogP) is 3.95. The molecule has 0 atom stereocenters. The number of nitrogens with zero attached hydrogens (tertiary/aromatic N) is 1. The van der Waals surface area contributed by atoms with Gasteiger partial charge in [0.15, 0.2) is 0 Å². The lowest BCUT2D eigenvalue weighted by Gasteiger charge is -2.22. The van der Waals surface area contributed by atoms with Crippen LogP contribution in [0, 0.1) is 0 Å². The Morgan fingerprint density at radius 3 is 2.38 bits per heavy atom. The lowest BCUT2D eigenvalue weighted by Crippen LogP contribution is -2.36. The third-order valence-corrected chi connectivity index (χ3v) is 5.50. The van der Waals surface area contributed by atoms with Crippen molar-refractivity contribution in [3.63, 3.8) is 0 Å². The SMILES string of the molecule is CCOc1ccc(N2C(=O)c3ccc(C(=O)NC4CCCCC4)cc3C2=O)cc1. The Balaban J connectivity index is 1.55. The van der Waals surface area contributed by atoms with Crippen LogP contribution in [-0.4, -0.2) is 30.4 Å². The molecular formula is C23H24N2O4. The molecule has 1 aliphatic carbocycles. The standard InChI is InChI=1S/C23H24N2O4/c1-2-29-18-11-9-17(10-12-18)25-22(27)19-13-8-15(14-20(19)23(25)28)21(26)24-16-6-4-3-5-7-16/h8-14,16H,2-7H2,1H3,(H,24,26). The monoisotopic (exact) mass is 392 g/mol. The molecule has 1 fully saturated rings. The fourth-order valence-electron chi connectivity index (χ4n) is 3.99. The number of imide groups is 1. The number of hydrogen-bond acceptors (Lipinski definition) is 4. The van der Waals surface area contributed by atoms with Crippen LogP contribution in [0.2, 0.25) is 0 Å². The summed E-state index contributed by atoms with van der Waals surface area (Å²) >= 11 is 0. The Hall–Kier alpha value is -3.15. The summed E-state index contributed by atoms with van der Waals surface area (Å²) < 4.78 is 5.41. The number of carbonyl (C=O) groups is 3. The summed E-state index contributed by atoms with van der Waals surface area (Å²) in [4.78, 5) is 39.5. The number of rotatable bonds is 5. The van der Waals surface area contributed by atoms with Crippen LogP contribution in [0.4, 0.5) is 5.69 Å². The molecule has 29 heavy (non-hydrogen) atoms. The van der Waals surface area contributed by atoms with Crippen molar-refractivity contribution >= 4 is 23.4 Å². The summed E-state index contributed by atoms with van der Waals surface area (Å²) in [6, 6.07) is 11.7. The van der Waals surface area contributed by atoms with Gasteiger partial charge in [-0.3, -0.25) is 14.4 Å². The predicted molar refractivity (Wildman–Crippen MR) is 110 cm³/mol. The lowest BCUT2D eigenvalue weighted by molar-refractivity contribution is 0.0918. The first-order valence-corrected chi connectivity index (χ1v) is 10.1. The highest BCUT2D eigenvalue weighted by Gasteiger charge is 2.37. The van der Waals surface area contributed by atoms with Crippen LogP contribution in [-0.2, 0) is 0 Å². The van der Waals surface area contributed by atoms with Gasteiger partial charge in [0.05, 0.1) is 23.4 Å². The second-order valence-electron chi connectivity index (χ2n) is 7.44. The molecule has 3 amide bonds. The highest BCUT2D eigenvalue weighted by atomic mass is 16.5. The molecule has 2 aromatic carbocycles. The van der Waals surface area contributed by atoms with Crippen LogP contribution >= 0.6 is 0 Å². The van der Waals surface area contributed by atoms with Crippen LogP contribution < -0.4 is 15.0 Å². The summed E-state index contributed by atoms with van der Waals surface area (Å²) in [5, 5.41) is 3.05. The third kappa shape index (κ3) is 3.75. The summed E-state index contributed by atoms with van der Waals surface area (Å²) in [5.41, 5.74) is 1.47. The molecule has 6 heteroatoms. The van der Waals surface area contributed by atoms with Crippen LogP contribution in [0.1, 0.15) is 70.1 Å². The molecular weight excluding hydrogens is 368 g/mol. The fourth-order valence-corrected chi connectivity index (χ4v) is 3.99. The molecule has 2 aliphatic rings. The van der Waals surface area contributed by atoms with Gasteiger partial charge in [0.2, 0.25) is 0 Å². The average molecular weight is 392 g/mol. The summed E-state index contributed by atoms with van der Waals surface area (Å²) in [6.45, 7) is 2.43. The Labute approximate surface area is 169 Å². The van der Waals surface area contributed by atoms with Gasteiger partial charge in [0, 0.05) is 11.6 Å². The van der Waals surface area contributed by atoms with E-state index in [-0.39, 0.29) is 23.4 Å². The van der Waals surface area contributed by atoms with E-state index in [9.17, 15) is 14.4 Å². The van der Waals surface area contributed by atoms with Crippen LogP contribution in [0.3, 0.4) is 0 Å². The molecule has 2 aromatic rings. The van der Waals surface area contributed by atoms with Crippen molar-refractivity contribution in [1.29, 1.82) is 0 Å². The number of amides is 3. The number of hydrogen-bond donors (Lipinski definition) is 1. The largest absolute Gasteiger partial charge is 0.494 e. The van der Waals surface area contributed by atoms with Gasteiger partial charge in [-0.25, -0.2) is 4.90 Å². The minimum Gasteiger partial charge on any atom is -0.494 e. The van der Waals surface area contributed by atoms with Gasteiger partial charge in [0.1, 0.15) is 5.75 Å². The maximum Gasteiger partial charge on any atom is 0.266 e. The first-order chi connectivity index (χ1) is 14.1. The minimum atomic E-state index is -0.415. The van der Waals surface area contributed by atoms with E-state index in [4.69, 9.17) is 4.74 Å². The molecule has 0 saturated heterocycles. The Bertz CT molecular complexity index is 946. The molecule has 0 aromatic heterocycles. The quantitative estimate of drug-likeness (QED) is 0.782. The van der Waals surface area contributed by atoms with Gasteiger partial charge in [-0.15, -0.1) is 0 Å². The van der Waals surface area contributed by atoms with Gasteiger partial charge < -0.3 is 10.1 Å². The first kappa shape index (κ1) is 19.2. The molecule has 4 rings (SSSR count). The highest BCUT2D eigenvalue weighted by Crippen LogP contribution is 2.30. The van der Waals surface area contributed by atoms with E-state index in [1.807, 2.05) is 6.92 Å². The highest BCUT2D eigenvalue weighted by molar-refractivity contribution is 6.34. The average Bonchev–Trinajstić information content (AvgIpc) is 2.99. The van der Waals surface area contributed by atoms with Gasteiger partial charge in [-0.2, -0.15) is 0 Å². The van der Waals surface area contributed by atoms with Crippen molar-refractivity contribution in [3.8, 4) is 5.75 Å². The molecule has 1 aliphatic heterocycles. The zero-order chi connectivity index (χ0) is 20.4. The zero-order valence-electron chi connectivity index (χ0n) is 16.4. The maximum absolute atomic E-state index is 12.9. The second kappa shape index (κ2) is 8.07. The van der Waals surface area contributed by atoms with Gasteiger partial charge in [-0.1, -0.05) is 19.3 Å². The van der Waals surface area contributed by atoms with E-state index in [0.29, 0.717) is 29.2 Å². The third-order valence-electron chi connectivity index (χ3n) is 5.50. The normalized spacial score (nSPS) is 16.7. The van der Waals surface area contributed by atoms with Gasteiger partial charge >= 0.3 is 0 Å². The van der Waals surface area contributed by atoms with E-state index < -0.39 is 5.91 Å². The summed E-state index contributed by atoms with van der Waals surface area (Å²) in [5.74, 6) is -0.316. The van der Waals surface area contributed by atoms with Gasteiger partial charge in [-0.05, 0) is 62.2 Å². The molecule has 1 saturated carbocycles. The zero-order valence-corrected chi connectivity index (χ0v) is 16.4. The Kier molecular flexibility index (Phi) is 5.34. The van der Waals surface area contributed by atoms with E-state index in [1.54, 1.807) is 36.4 Å². The number of ether oxygens (including phenoxy) is 1. The second-order valence-corrected chi connectivity index (χ2v) is 7.44. The molecule has 0 bridgehead atoms. The maximum atomic E-state index is 12.9. The van der Waals surface area contributed by atoms with Crippen molar-refractivity contribution in [2.24, 2.45) is 0 Å². The summed E-state index contributed by atoms with van der Waals surface area (Å²) in [7, 11) is 0. The van der Waals surface area contributed by atoms with Crippen LogP contribution in [0.5, 0.6) is 5.75 Å². The van der Waals surface area contributed by atoms with Crippen molar-refractivity contribution in [2.75, 3.05) is 11.5 Å². The van der Waals surface area contributed by atoms with Crippen molar-refractivity contribution in [3.05, 3.63) is 59.2 Å². The molecule has 150 valence electrons. The molecule has 0 unspecified atom stereocenters. The van der Waals surface area contributed by atoms with E-state index in [0.717, 1.165) is 30.6 Å². The number of anilines is 1. The Morgan fingerprint density at radius 1 is 1.00 bits per heavy atom. The fraction of sp³-hybridized carbons (Fsp3) is 0.348. The van der Waals surface area contributed by atoms with Crippen molar-refractivity contribution in [2.45, 2.75) is 45.1 Å². The van der Waals surface area contributed by atoms with Crippen molar-refractivity contribution < 1.29 is 19.1 Å². The molecule has 0 spiro atoms. The van der Waals surface area contributed by atoms with Gasteiger partial charge in [0.25, 0.3) is 17.7 Å². The molecule has 1 N–H and O–H groups in total. The smallest absolute Gasteiger partial charge is 0.266 e. The first-order valence-electron chi connectivity index (χ1n) is 10.1. The number of fused-ring (bicyclic) bond motifs is 1. The molecule has 1 heterocycles. The lowest BCUT2D eigenvalue weighted by atomic mass is 9.95. The van der Waals surface area contributed by atoms with Crippen LogP contribution in [0.15, 0.2) is 42.5 Å². The number of carbonyl (C=O) groups excluding carboxylic acids is 3. The number of benzene rings is 2. The number of nitrogens with one attached hydrogen (secondary N) is 1. The van der Waals surface area contributed by atoms with E-state index in [1.165, 1.54) is 12.5 Å². The van der Waals surface area contributed by atoms with E-state index in [2.05, 4.69) is 5.32 Å². The molecule has 0 radical (unpaired) electrons. The Morgan fingerprint density at radius 2 is 1.69 bits per heavy atom. The van der Waals surface area contributed by atoms with Crippen molar-refractivity contribution in [1.82, 2.24) is 5.32 Å². The molecule has 6 nitrogen and oxygen atoms in total. The van der Waals surface area contributed by atoms with Crippen LogP contribution in [0.25, 0.3) is 0 Å². The topological polar surface area (TPSA) is 75.7 Å². The summed E-state index contributed by atoms with van der Waals surface area (Å²) in [6.07, 6.45) is 5.43. The minimum absolute atomic E-state index is 0.183. The van der Waals surface area contributed by atoms with E-state index >= 15 is 0 Å².